The number of hydrogen-bond acceptors (Lipinski definition) is 4. The summed E-state index contributed by atoms with van der Waals surface area (Å²) in [7, 11) is -3.30. The van der Waals surface area contributed by atoms with Crippen molar-refractivity contribution in [3.8, 4) is 0 Å². The van der Waals surface area contributed by atoms with Gasteiger partial charge in [-0.05, 0) is 37.4 Å². The number of sulfonamides is 1. The van der Waals surface area contributed by atoms with E-state index in [2.05, 4.69) is 19.2 Å². The first-order chi connectivity index (χ1) is 9.48. The van der Waals surface area contributed by atoms with Crippen LogP contribution in [-0.2, 0) is 16.4 Å². The molecule has 1 aliphatic heterocycles. The van der Waals surface area contributed by atoms with Gasteiger partial charge in [-0.15, -0.1) is 11.3 Å². The van der Waals surface area contributed by atoms with Gasteiger partial charge in [0.2, 0.25) is 0 Å². The molecule has 2 rings (SSSR count). The van der Waals surface area contributed by atoms with Gasteiger partial charge < -0.3 is 5.32 Å². The summed E-state index contributed by atoms with van der Waals surface area (Å²) in [5.74, 6) is 0.351. The van der Waals surface area contributed by atoms with Crippen LogP contribution in [0.4, 0.5) is 0 Å². The molecular formula is C14H24N2O2S2. The number of thiophene rings is 1. The van der Waals surface area contributed by atoms with Crippen molar-refractivity contribution in [1.29, 1.82) is 0 Å². The summed E-state index contributed by atoms with van der Waals surface area (Å²) in [5, 5.41) is 3.44. The average molecular weight is 316 g/mol. The molecule has 2 heterocycles. The Labute approximate surface area is 126 Å². The first-order valence-electron chi connectivity index (χ1n) is 7.31. The summed E-state index contributed by atoms with van der Waals surface area (Å²) in [6.07, 6.45) is 1.78. The molecule has 6 heteroatoms. The van der Waals surface area contributed by atoms with Gasteiger partial charge in [0.15, 0.2) is 0 Å². The second kappa shape index (κ2) is 6.56. The minimum Gasteiger partial charge on any atom is -0.314 e. The third-order valence-corrected chi connectivity index (χ3v) is 7.48. The van der Waals surface area contributed by atoms with Crippen LogP contribution in [0.1, 0.15) is 32.1 Å². The van der Waals surface area contributed by atoms with Gasteiger partial charge in [-0.25, -0.2) is 8.42 Å². The van der Waals surface area contributed by atoms with Crippen molar-refractivity contribution in [2.24, 2.45) is 5.92 Å². The maximum Gasteiger partial charge on any atom is 0.252 e. The number of nitrogens with zero attached hydrogens (tertiary/aromatic N) is 1. The molecule has 4 nitrogen and oxygen atoms in total. The number of hydrogen-bond donors (Lipinski definition) is 1. The molecule has 1 saturated heterocycles. The fourth-order valence-electron chi connectivity index (χ4n) is 2.71. The minimum absolute atomic E-state index is 0.351. The lowest BCUT2D eigenvalue weighted by Gasteiger charge is -2.36. The quantitative estimate of drug-likeness (QED) is 0.907. The Hall–Kier alpha value is -0.430. The van der Waals surface area contributed by atoms with Gasteiger partial charge in [0.1, 0.15) is 4.21 Å². The predicted molar refractivity (Wildman–Crippen MR) is 83.7 cm³/mol. The molecule has 2 atom stereocenters. The Morgan fingerprint density at radius 1 is 1.40 bits per heavy atom. The van der Waals surface area contributed by atoms with E-state index in [-0.39, 0.29) is 0 Å². The van der Waals surface area contributed by atoms with E-state index in [1.165, 1.54) is 11.3 Å². The molecule has 0 aliphatic carbocycles. The predicted octanol–water partition coefficient (Wildman–Crippen LogP) is 2.32. The highest BCUT2D eigenvalue weighted by molar-refractivity contribution is 7.91. The largest absolute Gasteiger partial charge is 0.314 e. The summed E-state index contributed by atoms with van der Waals surface area (Å²) in [4.78, 5) is 1.12. The number of nitrogens with one attached hydrogen (secondary N) is 1. The molecule has 20 heavy (non-hydrogen) atoms. The van der Waals surface area contributed by atoms with Crippen LogP contribution in [0.15, 0.2) is 16.3 Å². The molecule has 0 spiro atoms. The van der Waals surface area contributed by atoms with E-state index in [1.54, 1.807) is 10.4 Å². The van der Waals surface area contributed by atoms with Gasteiger partial charge in [-0.3, -0.25) is 0 Å². The molecule has 2 unspecified atom stereocenters. The molecule has 114 valence electrons. The van der Waals surface area contributed by atoms with Crippen molar-refractivity contribution in [3.63, 3.8) is 0 Å². The zero-order valence-corrected chi connectivity index (χ0v) is 14.1. The molecule has 1 aromatic rings. The first-order valence-corrected chi connectivity index (χ1v) is 9.57. The van der Waals surface area contributed by atoms with E-state index >= 15 is 0 Å². The lowest BCUT2D eigenvalue weighted by Crippen LogP contribution is -2.49. The maximum absolute atomic E-state index is 12.6. The maximum atomic E-state index is 12.6. The van der Waals surface area contributed by atoms with Crippen molar-refractivity contribution < 1.29 is 8.42 Å². The summed E-state index contributed by atoms with van der Waals surface area (Å²) in [6.45, 7) is 8.43. The van der Waals surface area contributed by atoms with Crippen molar-refractivity contribution in [1.82, 2.24) is 9.62 Å². The fraction of sp³-hybridized carbons (Fsp3) is 0.714. The van der Waals surface area contributed by atoms with E-state index in [0.29, 0.717) is 29.3 Å². The Morgan fingerprint density at radius 2 is 2.15 bits per heavy atom. The van der Waals surface area contributed by atoms with Crippen LogP contribution in [0.25, 0.3) is 0 Å². The molecule has 1 aromatic heterocycles. The van der Waals surface area contributed by atoms with Crippen LogP contribution in [0.3, 0.4) is 0 Å². The average Bonchev–Trinajstić information content (AvgIpc) is 2.90. The molecule has 0 amide bonds. The van der Waals surface area contributed by atoms with Gasteiger partial charge in [0, 0.05) is 24.0 Å². The molecular weight excluding hydrogens is 292 g/mol. The van der Waals surface area contributed by atoms with Crippen LogP contribution in [0, 0.1) is 5.92 Å². The van der Waals surface area contributed by atoms with E-state index in [4.69, 9.17) is 0 Å². The standard InChI is InChI=1S/C14H24N2O2S2/c1-4-12-6-7-14(19-12)20(17,18)16-9-8-13(15-5-2)11(3)10-16/h6-7,11,13,15H,4-5,8-10H2,1-3H3. The number of piperidine rings is 1. The highest BCUT2D eigenvalue weighted by atomic mass is 32.2. The van der Waals surface area contributed by atoms with Crippen LogP contribution in [-0.4, -0.2) is 38.4 Å². The lowest BCUT2D eigenvalue weighted by molar-refractivity contribution is 0.223. The molecule has 1 N–H and O–H groups in total. The Morgan fingerprint density at radius 3 is 2.70 bits per heavy atom. The van der Waals surface area contributed by atoms with Crippen LogP contribution >= 0.6 is 11.3 Å². The molecule has 0 aromatic carbocycles. The SMILES string of the molecule is CCNC1CCN(S(=O)(=O)c2ccc(CC)s2)CC1C. The van der Waals surface area contributed by atoms with E-state index in [9.17, 15) is 8.42 Å². The van der Waals surface area contributed by atoms with Crippen molar-refractivity contribution in [2.75, 3.05) is 19.6 Å². The topological polar surface area (TPSA) is 49.4 Å². The van der Waals surface area contributed by atoms with Crippen LogP contribution in [0.5, 0.6) is 0 Å². The summed E-state index contributed by atoms with van der Waals surface area (Å²) in [6, 6.07) is 4.10. The number of rotatable bonds is 5. The third kappa shape index (κ3) is 3.24. The molecule has 0 saturated carbocycles. The Balaban J connectivity index is 2.11. The fourth-order valence-corrected chi connectivity index (χ4v) is 5.71. The van der Waals surface area contributed by atoms with Crippen molar-refractivity contribution in [3.05, 3.63) is 17.0 Å². The van der Waals surface area contributed by atoms with Crippen LogP contribution < -0.4 is 5.32 Å². The Kier molecular flexibility index (Phi) is 5.23. The monoisotopic (exact) mass is 316 g/mol. The summed E-state index contributed by atoms with van der Waals surface area (Å²) >= 11 is 1.40. The molecule has 0 radical (unpaired) electrons. The van der Waals surface area contributed by atoms with Crippen LogP contribution in [0.2, 0.25) is 0 Å². The second-order valence-corrected chi connectivity index (χ2v) is 8.70. The van der Waals surface area contributed by atoms with E-state index < -0.39 is 10.0 Å². The van der Waals surface area contributed by atoms with Crippen molar-refractivity contribution >= 4 is 21.4 Å². The van der Waals surface area contributed by atoms with Gasteiger partial charge in [0.05, 0.1) is 0 Å². The number of aryl methyl sites for hydroxylation is 1. The molecule has 1 aliphatic rings. The normalized spacial score (nSPS) is 24.9. The van der Waals surface area contributed by atoms with Gasteiger partial charge >= 0.3 is 0 Å². The Bertz CT molecular complexity index is 539. The van der Waals surface area contributed by atoms with E-state index in [0.717, 1.165) is 24.3 Å². The summed E-state index contributed by atoms with van der Waals surface area (Å²) < 4.78 is 27.4. The second-order valence-electron chi connectivity index (χ2n) is 5.37. The summed E-state index contributed by atoms with van der Waals surface area (Å²) in [5.41, 5.74) is 0. The molecule has 1 fully saturated rings. The first kappa shape index (κ1) is 15.9. The lowest BCUT2D eigenvalue weighted by atomic mass is 9.95. The third-order valence-electron chi connectivity index (χ3n) is 3.91. The van der Waals surface area contributed by atoms with Crippen molar-refractivity contribution in [2.45, 2.75) is 43.9 Å². The molecule has 0 bridgehead atoms. The van der Waals surface area contributed by atoms with Gasteiger partial charge in [-0.2, -0.15) is 4.31 Å². The minimum atomic E-state index is -3.30. The van der Waals surface area contributed by atoms with Gasteiger partial charge in [0.25, 0.3) is 10.0 Å². The zero-order valence-electron chi connectivity index (χ0n) is 12.4. The zero-order chi connectivity index (χ0) is 14.8. The van der Waals surface area contributed by atoms with Gasteiger partial charge in [-0.1, -0.05) is 20.8 Å². The highest BCUT2D eigenvalue weighted by Crippen LogP contribution is 2.28. The smallest absolute Gasteiger partial charge is 0.252 e. The highest BCUT2D eigenvalue weighted by Gasteiger charge is 2.33. The van der Waals surface area contributed by atoms with E-state index in [1.807, 2.05) is 13.0 Å².